The molecule has 2 saturated heterocycles. The van der Waals surface area contributed by atoms with Crippen molar-refractivity contribution in [3.63, 3.8) is 0 Å². The van der Waals surface area contributed by atoms with Gasteiger partial charge in [-0.3, -0.25) is 4.79 Å². The van der Waals surface area contributed by atoms with Crippen LogP contribution in [0.1, 0.15) is 52.4 Å². The highest BCUT2D eigenvalue weighted by molar-refractivity contribution is 5.78. The summed E-state index contributed by atoms with van der Waals surface area (Å²) in [6.45, 7) is 8.57. The number of carbonyl (C=O) groups excluding carboxylic acids is 1. The molecule has 0 spiro atoms. The summed E-state index contributed by atoms with van der Waals surface area (Å²) in [6.07, 6.45) is 8.03. The monoisotopic (exact) mass is 280 g/mol. The standard InChI is InChI=1S/C17H32N2O/c1-14(2)17(20)19-12-8-16(9-13-19)5-4-15-6-10-18(3)11-7-15/h14-16H,4-13H2,1-3H3. The van der Waals surface area contributed by atoms with Crippen molar-refractivity contribution in [2.75, 3.05) is 33.2 Å². The summed E-state index contributed by atoms with van der Waals surface area (Å²) in [5.74, 6) is 2.33. The molecule has 0 aromatic rings. The molecule has 0 N–H and O–H groups in total. The van der Waals surface area contributed by atoms with Crippen LogP contribution in [0.2, 0.25) is 0 Å². The van der Waals surface area contributed by atoms with Crippen LogP contribution in [0.5, 0.6) is 0 Å². The van der Waals surface area contributed by atoms with Crippen molar-refractivity contribution >= 4 is 5.91 Å². The molecule has 1 amide bonds. The molecule has 116 valence electrons. The Morgan fingerprint density at radius 1 is 0.950 bits per heavy atom. The summed E-state index contributed by atoms with van der Waals surface area (Å²) < 4.78 is 0. The molecule has 0 aromatic heterocycles. The first-order chi connectivity index (χ1) is 9.56. The molecule has 2 aliphatic heterocycles. The lowest BCUT2D eigenvalue weighted by atomic mass is 9.85. The summed E-state index contributed by atoms with van der Waals surface area (Å²) in [5, 5.41) is 0. The number of nitrogens with zero attached hydrogens (tertiary/aromatic N) is 2. The van der Waals surface area contributed by atoms with Gasteiger partial charge in [-0.25, -0.2) is 0 Å². The first-order valence-electron chi connectivity index (χ1n) is 8.53. The van der Waals surface area contributed by atoms with E-state index >= 15 is 0 Å². The van der Waals surface area contributed by atoms with E-state index in [1.165, 1.54) is 51.6 Å². The summed E-state index contributed by atoms with van der Waals surface area (Å²) >= 11 is 0. The van der Waals surface area contributed by atoms with E-state index in [0.29, 0.717) is 5.91 Å². The fourth-order valence-electron chi connectivity index (χ4n) is 3.63. The maximum Gasteiger partial charge on any atom is 0.225 e. The van der Waals surface area contributed by atoms with Gasteiger partial charge in [-0.1, -0.05) is 26.7 Å². The van der Waals surface area contributed by atoms with Gasteiger partial charge in [-0.05, 0) is 57.7 Å². The Balaban J connectivity index is 1.63. The molecule has 0 saturated carbocycles. The molecular formula is C17H32N2O. The Morgan fingerprint density at radius 2 is 1.40 bits per heavy atom. The maximum atomic E-state index is 12.0. The second-order valence-corrected chi connectivity index (χ2v) is 7.25. The molecular weight excluding hydrogens is 248 g/mol. The molecule has 2 aliphatic rings. The summed E-state index contributed by atoms with van der Waals surface area (Å²) in [6, 6.07) is 0. The van der Waals surface area contributed by atoms with Crippen molar-refractivity contribution in [2.24, 2.45) is 17.8 Å². The number of likely N-dealkylation sites (tertiary alicyclic amines) is 2. The van der Waals surface area contributed by atoms with Gasteiger partial charge in [-0.15, -0.1) is 0 Å². The molecule has 0 aliphatic carbocycles. The van der Waals surface area contributed by atoms with E-state index in [1.54, 1.807) is 0 Å². The molecule has 0 bridgehead atoms. The van der Waals surface area contributed by atoms with E-state index in [2.05, 4.69) is 16.8 Å². The highest BCUT2D eigenvalue weighted by Gasteiger charge is 2.25. The zero-order valence-electron chi connectivity index (χ0n) is 13.6. The molecule has 0 atom stereocenters. The average Bonchev–Trinajstić information content (AvgIpc) is 2.46. The van der Waals surface area contributed by atoms with Gasteiger partial charge >= 0.3 is 0 Å². The second-order valence-electron chi connectivity index (χ2n) is 7.25. The number of carbonyl (C=O) groups is 1. The van der Waals surface area contributed by atoms with Gasteiger partial charge in [0.1, 0.15) is 0 Å². The third-order valence-electron chi connectivity index (χ3n) is 5.24. The van der Waals surface area contributed by atoms with Crippen LogP contribution in [-0.2, 0) is 4.79 Å². The highest BCUT2D eigenvalue weighted by atomic mass is 16.2. The third-order valence-corrected chi connectivity index (χ3v) is 5.24. The molecule has 0 unspecified atom stereocenters. The van der Waals surface area contributed by atoms with Gasteiger partial charge in [0.15, 0.2) is 0 Å². The van der Waals surface area contributed by atoms with Crippen LogP contribution in [0.25, 0.3) is 0 Å². The van der Waals surface area contributed by atoms with Crippen LogP contribution in [0.3, 0.4) is 0 Å². The van der Waals surface area contributed by atoms with Crippen molar-refractivity contribution in [3.05, 3.63) is 0 Å². The Labute approximate surface area is 124 Å². The number of hydrogen-bond donors (Lipinski definition) is 0. The Morgan fingerprint density at radius 3 is 1.85 bits per heavy atom. The number of hydrogen-bond acceptors (Lipinski definition) is 2. The highest BCUT2D eigenvalue weighted by Crippen LogP contribution is 2.28. The molecule has 2 fully saturated rings. The van der Waals surface area contributed by atoms with Crippen molar-refractivity contribution in [1.29, 1.82) is 0 Å². The smallest absolute Gasteiger partial charge is 0.225 e. The van der Waals surface area contributed by atoms with Gasteiger partial charge in [-0.2, -0.15) is 0 Å². The number of amides is 1. The fraction of sp³-hybridized carbons (Fsp3) is 0.941. The minimum absolute atomic E-state index is 0.158. The first-order valence-corrected chi connectivity index (χ1v) is 8.53. The van der Waals surface area contributed by atoms with Crippen molar-refractivity contribution in [3.8, 4) is 0 Å². The summed E-state index contributed by atoms with van der Waals surface area (Å²) in [4.78, 5) is 16.5. The van der Waals surface area contributed by atoms with Gasteiger partial charge in [0.05, 0.1) is 0 Å². The van der Waals surface area contributed by atoms with Crippen LogP contribution in [0.4, 0.5) is 0 Å². The van der Waals surface area contributed by atoms with Crippen LogP contribution in [0.15, 0.2) is 0 Å². The predicted octanol–water partition coefficient (Wildman–Crippen LogP) is 3.00. The van der Waals surface area contributed by atoms with Gasteiger partial charge < -0.3 is 9.80 Å². The zero-order valence-corrected chi connectivity index (χ0v) is 13.6. The zero-order chi connectivity index (χ0) is 14.5. The Hall–Kier alpha value is -0.570. The first kappa shape index (κ1) is 15.8. The van der Waals surface area contributed by atoms with E-state index in [-0.39, 0.29) is 5.92 Å². The third kappa shape index (κ3) is 4.47. The van der Waals surface area contributed by atoms with E-state index in [9.17, 15) is 4.79 Å². The van der Waals surface area contributed by atoms with Crippen LogP contribution >= 0.6 is 0 Å². The minimum atomic E-state index is 0.158. The molecule has 3 heteroatoms. The second kappa shape index (κ2) is 7.44. The number of piperidine rings is 2. The van der Waals surface area contributed by atoms with Crippen LogP contribution < -0.4 is 0 Å². The molecule has 0 radical (unpaired) electrons. The average molecular weight is 280 g/mol. The van der Waals surface area contributed by atoms with Crippen molar-refractivity contribution in [1.82, 2.24) is 9.80 Å². The Kier molecular flexibility index (Phi) is 5.88. The molecule has 2 heterocycles. The minimum Gasteiger partial charge on any atom is -0.342 e. The quantitative estimate of drug-likeness (QED) is 0.790. The van der Waals surface area contributed by atoms with E-state index in [4.69, 9.17) is 0 Å². The van der Waals surface area contributed by atoms with E-state index < -0.39 is 0 Å². The lowest BCUT2D eigenvalue weighted by Crippen LogP contribution is -2.40. The Bertz CT molecular complexity index is 300. The lowest BCUT2D eigenvalue weighted by molar-refractivity contribution is -0.135. The molecule has 0 aromatic carbocycles. The van der Waals surface area contributed by atoms with E-state index in [0.717, 1.165) is 24.9 Å². The van der Waals surface area contributed by atoms with Crippen molar-refractivity contribution < 1.29 is 4.79 Å². The van der Waals surface area contributed by atoms with Gasteiger partial charge in [0.2, 0.25) is 5.91 Å². The fourth-order valence-corrected chi connectivity index (χ4v) is 3.63. The number of rotatable bonds is 4. The largest absolute Gasteiger partial charge is 0.342 e. The van der Waals surface area contributed by atoms with Gasteiger partial charge in [0.25, 0.3) is 0 Å². The lowest BCUT2D eigenvalue weighted by Gasteiger charge is -2.34. The summed E-state index contributed by atoms with van der Waals surface area (Å²) in [7, 11) is 2.23. The topological polar surface area (TPSA) is 23.6 Å². The van der Waals surface area contributed by atoms with Crippen molar-refractivity contribution in [2.45, 2.75) is 52.4 Å². The van der Waals surface area contributed by atoms with Crippen LogP contribution in [0, 0.1) is 17.8 Å². The van der Waals surface area contributed by atoms with E-state index in [1.807, 2.05) is 13.8 Å². The molecule has 20 heavy (non-hydrogen) atoms. The summed E-state index contributed by atoms with van der Waals surface area (Å²) in [5.41, 5.74) is 0. The molecule has 3 nitrogen and oxygen atoms in total. The van der Waals surface area contributed by atoms with Gasteiger partial charge in [0, 0.05) is 19.0 Å². The normalized spacial score (nSPS) is 23.5. The maximum absolute atomic E-state index is 12.0. The van der Waals surface area contributed by atoms with Crippen LogP contribution in [-0.4, -0.2) is 48.9 Å². The predicted molar refractivity (Wildman–Crippen MR) is 83.6 cm³/mol. The SMILES string of the molecule is CC(C)C(=O)N1CCC(CCC2CCN(C)CC2)CC1. The molecule has 2 rings (SSSR count).